The molecular weight excluding hydrogens is 594 g/mol. The zero-order valence-electron chi connectivity index (χ0n) is 26.8. The van der Waals surface area contributed by atoms with Crippen molar-refractivity contribution in [3.05, 3.63) is 101 Å². The number of ether oxygens (including phenoxy) is 1. The maximum atomic E-state index is 15.2. The van der Waals surface area contributed by atoms with E-state index in [9.17, 15) is 19.5 Å². The lowest BCUT2D eigenvalue weighted by Crippen LogP contribution is -2.53. The molecule has 6 atom stereocenters. The lowest BCUT2D eigenvalue weighted by atomic mass is 9.49. The predicted octanol–water partition coefficient (Wildman–Crippen LogP) is 5.49. The molecule has 47 heavy (non-hydrogen) atoms. The number of aryl methyl sites for hydroxylation is 1. The Kier molecular flexibility index (Phi) is 7.65. The zero-order chi connectivity index (χ0) is 33.0. The van der Waals surface area contributed by atoms with Gasteiger partial charge in [0.15, 0.2) is 11.5 Å². The van der Waals surface area contributed by atoms with Gasteiger partial charge in [0.25, 0.3) is 11.8 Å². The van der Waals surface area contributed by atoms with Crippen molar-refractivity contribution in [1.82, 2.24) is 9.91 Å². The van der Waals surface area contributed by atoms with Gasteiger partial charge in [-0.3, -0.25) is 29.5 Å². The predicted molar refractivity (Wildman–Crippen MR) is 175 cm³/mol. The van der Waals surface area contributed by atoms with Crippen LogP contribution in [0.3, 0.4) is 0 Å². The number of carbonyl (C=O) groups is 4. The van der Waals surface area contributed by atoms with Crippen LogP contribution in [0.5, 0.6) is 11.5 Å². The number of nitrogens with zero attached hydrogens (tertiary/aromatic N) is 2. The van der Waals surface area contributed by atoms with Crippen LogP contribution in [-0.2, 0) is 24.6 Å². The van der Waals surface area contributed by atoms with Gasteiger partial charge >= 0.3 is 0 Å². The average molecular weight is 634 g/mol. The van der Waals surface area contributed by atoms with E-state index in [0.29, 0.717) is 42.8 Å². The van der Waals surface area contributed by atoms with Gasteiger partial charge in [0.1, 0.15) is 0 Å². The van der Waals surface area contributed by atoms with Crippen molar-refractivity contribution in [2.45, 2.75) is 51.4 Å². The molecule has 0 radical (unpaired) electrons. The lowest BCUT2D eigenvalue weighted by Gasteiger charge is -2.50. The first-order valence-corrected chi connectivity index (χ1v) is 16.5. The van der Waals surface area contributed by atoms with E-state index in [1.807, 2.05) is 81.4 Å². The number of likely N-dealkylation sites (tertiary alicyclic amines) is 1. The number of rotatable bonds is 8. The third-order valence-electron chi connectivity index (χ3n) is 10.6. The third kappa shape index (κ3) is 4.50. The number of anilines is 1. The molecular formula is C38H39N3O6. The minimum atomic E-state index is -1.46. The fourth-order valence-electron chi connectivity index (χ4n) is 8.65. The van der Waals surface area contributed by atoms with E-state index in [-0.39, 0.29) is 29.7 Å². The van der Waals surface area contributed by atoms with Crippen molar-refractivity contribution in [2.75, 3.05) is 18.6 Å². The summed E-state index contributed by atoms with van der Waals surface area (Å²) in [5, 5.41) is 12.9. The number of imide groups is 2. The van der Waals surface area contributed by atoms with E-state index < -0.39 is 46.8 Å². The van der Waals surface area contributed by atoms with Crippen molar-refractivity contribution >= 4 is 29.3 Å². The first-order valence-electron chi connectivity index (χ1n) is 16.5. The van der Waals surface area contributed by atoms with Gasteiger partial charge < -0.3 is 9.84 Å². The summed E-state index contributed by atoms with van der Waals surface area (Å²) in [5.41, 5.74) is 5.15. The van der Waals surface area contributed by atoms with E-state index in [1.165, 1.54) is 4.90 Å². The molecule has 2 saturated heterocycles. The number of fused-ring (bicyclic) bond motifs is 4. The second-order valence-corrected chi connectivity index (χ2v) is 13.0. The molecule has 3 fully saturated rings. The summed E-state index contributed by atoms with van der Waals surface area (Å²) in [4.78, 5) is 58.8. The Labute approximate surface area is 274 Å². The monoisotopic (exact) mass is 633 g/mol. The number of phenols is 1. The zero-order valence-corrected chi connectivity index (χ0v) is 26.8. The van der Waals surface area contributed by atoms with Crippen LogP contribution >= 0.6 is 0 Å². The maximum Gasteiger partial charge on any atom is 0.260 e. The topological polar surface area (TPSA) is 116 Å². The number of para-hydroxylation sites is 1. The van der Waals surface area contributed by atoms with Crippen molar-refractivity contribution in [3.63, 3.8) is 0 Å². The Bertz CT molecular complexity index is 1790. The molecule has 0 aromatic heterocycles. The van der Waals surface area contributed by atoms with E-state index in [4.69, 9.17) is 4.74 Å². The number of hydrazine groups is 1. The van der Waals surface area contributed by atoms with E-state index in [0.717, 1.165) is 16.1 Å². The smallest absolute Gasteiger partial charge is 0.260 e. The average Bonchev–Trinajstić information content (AvgIpc) is 3.45. The van der Waals surface area contributed by atoms with Gasteiger partial charge in [-0.1, -0.05) is 78.7 Å². The highest BCUT2D eigenvalue weighted by Crippen LogP contribution is 2.65. The molecule has 0 unspecified atom stereocenters. The van der Waals surface area contributed by atoms with Gasteiger partial charge in [0.2, 0.25) is 11.8 Å². The van der Waals surface area contributed by atoms with Crippen LogP contribution in [0.1, 0.15) is 55.7 Å². The fraction of sp³-hybridized carbons (Fsp3) is 0.368. The summed E-state index contributed by atoms with van der Waals surface area (Å²) < 4.78 is 5.80. The largest absolute Gasteiger partial charge is 0.504 e. The van der Waals surface area contributed by atoms with Crippen LogP contribution in [0.25, 0.3) is 0 Å². The van der Waals surface area contributed by atoms with E-state index in [1.54, 1.807) is 18.2 Å². The second-order valence-electron chi connectivity index (χ2n) is 13.0. The van der Waals surface area contributed by atoms with Crippen LogP contribution in [0, 0.1) is 30.6 Å². The van der Waals surface area contributed by atoms with E-state index >= 15 is 4.79 Å². The van der Waals surface area contributed by atoms with Gasteiger partial charge in [-0.25, -0.2) is 0 Å². The van der Waals surface area contributed by atoms with Crippen LogP contribution in [0.4, 0.5) is 5.69 Å². The van der Waals surface area contributed by atoms with Crippen LogP contribution in [-0.4, -0.2) is 51.8 Å². The number of phenolic OH excluding ortho intramolecular Hbond substituents is 1. The molecule has 0 spiro atoms. The van der Waals surface area contributed by atoms with Gasteiger partial charge in [-0.2, -0.15) is 5.01 Å². The molecule has 4 amide bonds. The number of hydrogen-bond acceptors (Lipinski definition) is 7. The highest BCUT2D eigenvalue weighted by molar-refractivity contribution is 6.13. The number of benzene rings is 3. The number of carbonyl (C=O) groups excluding carboxylic acids is 4. The highest BCUT2D eigenvalue weighted by Gasteiger charge is 2.70. The van der Waals surface area contributed by atoms with Crippen LogP contribution in [0.2, 0.25) is 0 Å². The molecule has 2 aliphatic carbocycles. The first kappa shape index (κ1) is 30.7. The van der Waals surface area contributed by atoms with Crippen molar-refractivity contribution in [1.29, 1.82) is 0 Å². The summed E-state index contributed by atoms with van der Waals surface area (Å²) in [6, 6.07) is 22.0. The minimum Gasteiger partial charge on any atom is -0.504 e. The Morgan fingerprint density at radius 1 is 0.894 bits per heavy atom. The molecule has 1 saturated carbocycles. The SMILES string of the molecule is CCCN1C(=O)[C@H]2[C@H](CC=C3[C@H]2C[C@H]2C(=O)N(Nc4ccc(C)cc4)C(=O)[C@@]2(c2ccccc2)[C@H]3c2cccc(OCC)c2O)C1=O. The van der Waals surface area contributed by atoms with Crippen LogP contribution < -0.4 is 10.2 Å². The summed E-state index contributed by atoms with van der Waals surface area (Å²) in [5.74, 6) is -4.44. The molecule has 9 heteroatoms. The number of allylic oxidation sites excluding steroid dienone is 2. The maximum absolute atomic E-state index is 15.2. The van der Waals surface area contributed by atoms with Crippen molar-refractivity contribution in [2.24, 2.45) is 23.7 Å². The molecule has 4 aliphatic rings. The summed E-state index contributed by atoms with van der Waals surface area (Å²) in [6.07, 6.45) is 3.19. The Morgan fingerprint density at radius 3 is 2.34 bits per heavy atom. The molecule has 242 valence electrons. The summed E-state index contributed by atoms with van der Waals surface area (Å²) in [6.45, 7) is 6.38. The molecule has 2 N–H and O–H groups in total. The molecule has 9 nitrogen and oxygen atoms in total. The molecule has 7 rings (SSSR count). The van der Waals surface area contributed by atoms with Gasteiger partial charge in [0.05, 0.1) is 35.5 Å². The van der Waals surface area contributed by atoms with Gasteiger partial charge in [0, 0.05) is 18.0 Å². The normalized spacial score (nSPS) is 28.1. The fourth-order valence-corrected chi connectivity index (χ4v) is 8.65. The van der Waals surface area contributed by atoms with Crippen molar-refractivity contribution < 1.29 is 29.0 Å². The van der Waals surface area contributed by atoms with Gasteiger partial charge in [-0.15, -0.1) is 0 Å². The molecule has 3 aromatic rings. The van der Waals surface area contributed by atoms with Crippen molar-refractivity contribution in [3.8, 4) is 11.5 Å². The first-order chi connectivity index (χ1) is 22.7. The number of amides is 4. The summed E-state index contributed by atoms with van der Waals surface area (Å²) >= 11 is 0. The van der Waals surface area contributed by atoms with E-state index in [2.05, 4.69) is 5.43 Å². The lowest BCUT2D eigenvalue weighted by molar-refractivity contribution is -0.141. The Morgan fingerprint density at radius 2 is 1.64 bits per heavy atom. The number of nitrogens with one attached hydrogen (secondary N) is 1. The minimum absolute atomic E-state index is 0.108. The Hall–Kier alpha value is -4.92. The van der Waals surface area contributed by atoms with Crippen LogP contribution in [0.15, 0.2) is 84.4 Å². The molecule has 3 aromatic carbocycles. The summed E-state index contributed by atoms with van der Waals surface area (Å²) in [7, 11) is 0. The number of aromatic hydroxyl groups is 1. The molecule has 0 bridgehead atoms. The Balaban J connectivity index is 1.46. The standard InChI is InChI=1S/C38H39N3O6/c1-4-20-40-34(43)26-19-18-25-28(31(26)36(40)45)21-29-35(44)41(39-24-16-14-22(3)15-17-24)37(46)38(29,23-10-7-6-8-11-23)32(25)27-12-9-13-30(33(27)42)47-5-2/h6-18,26,28-29,31-32,39,42H,4-5,19-21H2,1-3H3/t26-,28+,29-,31-,32+,38+/m0/s1. The quantitative estimate of drug-likeness (QED) is 0.249. The van der Waals surface area contributed by atoms with Gasteiger partial charge in [-0.05, 0) is 62.8 Å². The highest BCUT2D eigenvalue weighted by atomic mass is 16.5. The second kappa shape index (κ2) is 11.7. The molecule has 2 heterocycles. The third-order valence-corrected chi connectivity index (χ3v) is 10.6. The number of hydrogen-bond donors (Lipinski definition) is 2. The molecule has 2 aliphatic heterocycles.